The van der Waals surface area contributed by atoms with Gasteiger partial charge >= 0.3 is 0 Å². The van der Waals surface area contributed by atoms with Crippen LogP contribution >= 0.6 is 11.8 Å². The fourth-order valence-electron chi connectivity index (χ4n) is 2.70. The lowest BCUT2D eigenvalue weighted by atomic mass is 10.1. The number of imide groups is 1. The van der Waals surface area contributed by atoms with E-state index in [-0.39, 0.29) is 17.8 Å². The van der Waals surface area contributed by atoms with E-state index in [0.29, 0.717) is 27.7 Å². The Labute approximate surface area is 167 Å². The van der Waals surface area contributed by atoms with Gasteiger partial charge in [0.15, 0.2) is 11.5 Å². The molecule has 8 heteroatoms. The maximum atomic E-state index is 12.7. The van der Waals surface area contributed by atoms with Crippen molar-refractivity contribution in [1.29, 1.82) is 0 Å². The highest BCUT2D eigenvalue weighted by Gasteiger charge is 2.35. The summed E-state index contributed by atoms with van der Waals surface area (Å²) in [5.74, 6) is 1.05. The second kappa shape index (κ2) is 8.71. The van der Waals surface area contributed by atoms with Gasteiger partial charge in [-0.25, -0.2) is 0 Å². The second-order valence-electron chi connectivity index (χ2n) is 5.77. The maximum Gasteiger partial charge on any atom is 0.295 e. The van der Waals surface area contributed by atoms with E-state index in [0.717, 1.165) is 17.4 Å². The summed E-state index contributed by atoms with van der Waals surface area (Å²) in [7, 11) is 4.56. The van der Waals surface area contributed by atoms with Crippen LogP contribution in [0, 0.1) is 0 Å². The van der Waals surface area contributed by atoms with Crippen molar-refractivity contribution < 1.29 is 23.8 Å². The van der Waals surface area contributed by atoms with Crippen LogP contribution in [0.3, 0.4) is 0 Å². The van der Waals surface area contributed by atoms with Gasteiger partial charge in [0.05, 0.1) is 32.9 Å². The first-order chi connectivity index (χ1) is 13.6. The van der Waals surface area contributed by atoms with E-state index in [4.69, 9.17) is 14.2 Å². The van der Waals surface area contributed by atoms with Gasteiger partial charge in [-0.3, -0.25) is 14.5 Å². The van der Waals surface area contributed by atoms with Crippen LogP contribution in [-0.4, -0.2) is 44.0 Å². The van der Waals surface area contributed by atoms with E-state index in [1.54, 1.807) is 18.2 Å². The Bertz CT molecular complexity index is 889. The first-order valence-electron chi connectivity index (χ1n) is 8.41. The Balaban J connectivity index is 1.81. The lowest BCUT2D eigenvalue weighted by molar-refractivity contribution is -0.122. The summed E-state index contributed by atoms with van der Waals surface area (Å²) in [4.78, 5) is 26.4. The average molecular weight is 400 g/mol. The molecule has 3 rings (SSSR count). The predicted molar refractivity (Wildman–Crippen MR) is 109 cm³/mol. The number of amides is 2. The first-order valence-corrected chi connectivity index (χ1v) is 9.23. The highest BCUT2D eigenvalue weighted by Crippen LogP contribution is 2.40. The number of methoxy groups -OCH3 is 3. The molecule has 1 fully saturated rings. The molecule has 0 bridgehead atoms. The van der Waals surface area contributed by atoms with Crippen molar-refractivity contribution in [3.63, 3.8) is 0 Å². The van der Waals surface area contributed by atoms with Crippen molar-refractivity contribution >= 4 is 34.7 Å². The van der Waals surface area contributed by atoms with E-state index >= 15 is 0 Å². The summed E-state index contributed by atoms with van der Waals surface area (Å²) < 4.78 is 16.0. The third kappa shape index (κ3) is 4.07. The normalized spacial score (nSPS) is 15.1. The van der Waals surface area contributed by atoms with Gasteiger partial charge in [0.1, 0.15) is 0 Å². The van der Waals surface area contributed by atoms with E-state index in [1.165, 1.54) is 26.2 Å². The maximum absolute atomic E-state index is 12.7. The molecule has 1 saturated heterocycles. The molecule has 0 atom stereocenters. The Morgan fingerprint density at radius 2 is 1.64 bits per heavy atom. The minimum atomic E-state index is -0.354. The number of hydrogen-bond acceptors (Lipinski definition) is 7. The first kappa shape index (κ1) is 19.6. The molecule has 2 aromatic carbocycles. The van der Waals surface area contributed by atoms with Crippen molar-refractivity contribution in [2.45, 2.75) is 0 Å². The lowest BCUT2D eigenvalue weighted by Crippen LogP contribution is -2.33. The number of nitrogens with one attached hydrogen (secondary N) is 1. The van der Waals surface area contributed by atoms with E-state index < -0.39 is 0 Å². The number of thioether (sulfide) groups is 1. The molecular weight excluding hydrogens is 380 g/mol. The summed E-state index contributed by atoms with van der Waals surface area (Å²) in [6.07, 6.45) is 1.64. The van der Waals surface area contributed by atoms with Gasteiger partial charge in [-0.1, -0.05) is 18.2 Å². The fraction of sp³-hybridized carbons (Fsp3) is 0.200. The van der Waals surface area contributed by atoms with Crippen molar-refractivity contribution in [3.05, 3.63) is 52.9 Å². The number of rotatable bonds is 7. The molecule has 0 saturated carbocycles. The van der Waals surface area contributed by atoms with Crippen LogP contribution in [0.5, 0.6) is 17.2 Å². The Kier molecular flexibility index (Phi) is 6.10. The number of benzene rings is 2. The van der Waals surface area contributed by atoms with Gasteiger partial charge < -0.3 is 19.5 Å². The highest BCUT2D eigenvalue weighted by molar-refractivity contribution is 8.18. The zero-order valence-corrected chi connectivity index (χ0v) is 16.5. The zero-order valence-electron chi connectivity index (χ0n) is 15.7. The molecule has 0 aliphatic carbocycles. The molecule has 28 heavy (non-hydrogen) atoms. The fourth-order valence-corrected chi connectivity index (χ4v) is 3.54. The van der Waals surface area contributed by atoms with E-state index in [9.17, 15) is 9.59 Å². The van der Waals surface area contributed by atoms with Crippen LogP contribution in [-0.2, 0) is 4.79 Å². The molecule has 0 unspecified atom stereocenters. The molecule has 0 radical (unpaired) electrons. The molecule has 1 heterocycles. The van der Waals surface area contributed by atoms with Crippen LogP contribution in [0.4, 0.5) is 10.5 Å². The molecule has 0 spiro atoms. The summed E-state index contributed by atoms with van der Waals surface area (Å²) in [6, 6.07) is 12.8. The average Bonchev–Trinajstić information content (AvgIpc) is 2.98. The Hall–Kier alpha value is -3.13. The van der Waals surface area contributed by atoms with Crippen molar-refractivity contribution in [2.24, 2.45) is 0 Å². The zero-order chi connectivity index (χ0) is 20.1. The van der Waals surface area contributed by atoms with Gasteiger partial charge in [-0.05, 0) is 47.7 Å². The van der Waals surface area contributed by atoms with Crippen molar-refractivity contribution in [3.8, 4) is 17.2 Å². The molecule has 1 N–H and O–H groups in total. The standard InChI is InChI=1S/C20H20N2O5S/c1-25-15-9-13(10-16(26-2)18(15)27-3)11-17-19(23)22(20(24)28-17)12-21-14-7-5-4-6-8-14/h4-11,21H,12H2,1-3H3. The molecular formula is C20H20N2O5S. The van der Waals surface area contributed by atoms with Crippen LogP contribution in [0.25, 0.3) is 6.08 Å². The second-order valence-corrected chi connectivity index (χ2v) is 6.76. The van der Waals surface area contributed by atoms with Gasteiger partial charge in [-0.15, -0.1) is 0 Å². The minimum absolute atomic E-state index is 0.0985. The van der Waals surface area contributed by atoms with Crippen LogP contribution in [0.1, 0.15) is 5.56 Å². The summed E-state index contributed by atoms with van der Waals surface area (Å²) in [5, 5.41) is 2.74. The van der Waals surface area contributed by atoms with Gasteiger partial charge in [0, 0.05) is 5.69 Å². The SMILES string of the molecule is COc1cc(C=C2SC(=O)N(CNc3ccccc3)C2=O)cc(OC)c1OC. The lowest BCUT2D eigenvalue weighted by Gasteiger charge is -2.14. The monoisotopic (exact) mass is 400 g/mol. The van der Waals surface area contributed by atoms with Crippen LogP contribution < -0.4 is 19.5 Å². The van der Waals surface area contributed by atoms with E-state index in [1.807, 2.05) is 30.3 Å². The Morgan fingerprint density at radius 3 is 2.21 bits per heavy atom. The predicted octanol–water partition coefficient (Wildman–Crippen LogP) is 3.82. The topological polar surface area (TPSA) is 77.1 Å². The molecule has 0 aromatic heterocycles. The molecule has 1 aliphatic rings. The Morgan fingerprint density at radius 1 is 1.00 bits per heavy atom. The largest absolute Gasteiger partial charge is 0.493 e. The van der Waals surface area contributed by atoms with Gasteiger partial charge in [0.2, 0.25) is 5.75 Å². The van der Waals surface area contributed by atoms with Crippen LogP contribution in [0.15, 0.2) is 47.4 Å². The summed E-state index contributed by atoms with van der Waals surface area (Å²) in [5.41, 5.74) is 1.49. The third-order valence-corrected chi connectivity index (χ3v) is 4.98. The molecule has 1 aliphatic heterocycles. The number of hydrogen-bond donors (Lipinski definition) is 1. The van der Waals surface area contributed by atoms with E-state index in [2.05, 4.69) is 5.32 Å². The molecule has 2 aromatic rings. The van der Waals surface area contributed by atoms with Gasteiger partial charge in [-0.2, -0.15) is 0 Å². The number of carbonyl (C=O) groups is 2. The summed E-state index contributed by atoms with van der Waals surface area (Å²) in [6.45, 7) is 0.0985. The van der Waals surface area contributed by atoms with Crippen molar-refractivity contribution in [1.82, 2.24) is 4.90 Å². The smallest absolute Gasteiger partial charge is 0.295 e. The quantitative estimate of drug-likeness (QED) is 0.708. The number of anilines is 1. The van der Waals surface area contributed by atoms with Gasteiger partial charge in [0.25, 0.3) is 11.1 Å². The van der Waals surface area contributed by atoms with Crippen molar-refractivity contribution in [2.75, 3.05) is 33.3 Å². The number of carbonyl (C=O) groups excluding carboxylic acids is 2. The highest BCUT2D eigenvalue weighted by atomic mass is 32.2. The third-order valence-electron chi connectivity index (χ3n) is 4.07. The number of nitrogens with zero attached hydrogens (tertiary/aromatic N) is 1. The summed E-state index contributed by atoms with van der Waals surface area (Å²) >= 11 is 0.894. The van der Waals surface area contributed by atoms with Crippen LogP contribution in [0.2, 0.25) is 0 Å². The minimum Gasteiger partial charge on any atom is -0.493 e. The molecule has 2 amide bonds. The number of para-hydroxylation sites is 1. The molecule has 7 nitrogen and oxygen atoms in total. The number of ether oxygens (including phenoxy) is 3. The molecule has 146 valence electrons.